The first-order valence-electron chi connectivity index (χ1n) is 9.80. The van der Waals surface area contributed by atoms with Crippen molar-refractivity contribution in [2.45, 2.75) is 25.6 Å². The van der Waals surface area contributed by atoms with Crippen LogP contribution in [-0.4, -0.2) is 47.3 Å². The van der Waals surface area contributed by atoms with E-state index >= 15 is 0 Å². The van der Waals surface area contributed by atoms with Crippen LogP contribution in [0.15, 0.2) is 53.7 Å². The Hall–Kier alpha value is -3.30. The van der Waals surface area contributed by atoms with Crippen LogP contribution in [0.25, 0.3) is 0 Å². The lowest BCUT2D eigenvalue weighted by Gasteiger charge is -2.33. The van der Waals surface area contributed by atoms with E-state index in [0.717, 1.165) is 0 Å². The Balaban J connectivity index is 1.49. The number of carbonyl (C=O) groups excluding carboxylic acids is 1. The number of pyridine rings is 1. The number of hydrogen-bond donors (Lipinski definition) is 2. The molecule has 0 radical (unpaired) electrons. The number of benzene rings is 1. The van der Waals surface area contributed by atoms with Gasteiger partial charge in [0.15, 0.2) is 0 Å². The number of piperidine rings is 1. The maximum Gasteiger partial charge on any atom is 0.410 e. The van der Waals surface area contributed by atoms with Crippen LogP contribution >= 0.6 is 0 Å². The largest absolute Gasteiger partial charge is 0.445 e. The van der Waals surface area contributed by atoms with Crippen LogP contribution in [0, 0.1) is 11.3 Å². The van der Waals surface area contributed by atoms with E-state index in [1.54, 1.807) is 24.4 Å². The molecule has 3 N–H and O–H groups in total. The van der Waals surface area contributed by atoms with Gasteiger partial charge in [0.2, 0.25) is 5.96 Å². The van der Waals surface area contributed by atoms with Crippen molar-refractivity contribution in [3.8, 4) is 0 Å². The lowest BCUT2D eigenvalue weighted by atomic mass is 9.95. The molecule has 166 valence electrons. The summed E-state index contributed by atoms with van der Waals surface area (Å²) in [7, 11) is 0. The van der Waals surface area contributed by atoms with Gasteiger partial charge in [0.05, 0.1) is 6.54 Å². The van der Waals surface area contributed by atoms with Gasteiger partial charge in [-0.25, -0.2) is 18.0 Å². The van der Waals surface area contributed by atoms with Crippen molar-refractivity contribution >= 4 is 12.1 Å². The van der Waals surface area contributed by atoms with E-state index in [0.29, 0.717) is 18.5 Å². The number of nitrogens with zero attached hydrogens (tertiary/aromatic N) is 3. The summed E-state index contributed by atoms with van der Waals surface area (Å²) < 4.78 is 46.3. The molecule has 3 rings (SSSR count). The van der Waals surface area contributed by atoms with Crippen LogP contribution in [0.2, 0.25) is 0 Å². The van der Waals surface area contributed by atoms with Gasteiger partial charge in [-0.3, -0.25) is 15.0 Å². The smallest absolute Gasteiger partial charge is 0.410 e. The molecule has 0 saturated carbocycles. The second-order valence-corrected chi connectivity index (χ2v) is 7.26. The van der Waals surface area contributed by atoms with Crippen LogP contribution in [0.1, 0.15) is 24.0 Å². The maximum atomic E-state index is 14.6. The summed E-state index contributed by atoms with van der Waals surface area (Å²) in [5, 5.41) is 7.80. The molecule has 0 spiro atoms. The van der Waals surface area contributed by atoms with Crippen molar-refractivity contribution in [1.82, 2.24) is 9.47 Å². The van der Waals surface area contributed by atoms with Gasteiger partial charge in [-0.2, -0.15) is 0 Å². The minimum Gasteiger partial charge on any atom is -0.445 e. The minimum absolute atomic E-state index is 0.0795. The fourth-order valence-electron chi connectivity index (χ4n) is 3.25. The number of halogens is 3. The first kappa shape index (κ1) is 22.4. The summed E-state index contributed by atoms with van der Waals surface area (Å²) in [5.74, 6) is -0.291. The second kappa shape index (κ2) is 10.1. The lowest BCUT2D eigenvalue weighted by molar-refractivity contribution is 0.0536. The lowest BCUT2D eigenvalue weighted by Crippen LogP contribution is -2.46. The number of hydrogen-bond acceptors (Lipinski definition) is 4. The number of rotatable bonds is 5. The minimum atomic E-state index is -2.56. The topological polar surface area (TPSA) is 96.7 Å². The third-order valence-corrected chi connectivity index (χ3v) is 5.12. The van der Waals surface area contributed by atoms with Gasteiger partial charge in [-0.15, -0.1) is 0 Å². The highest BCUT2D eigenvalue weighted by Crippen LogP contribution is 2.22. The average molecular weight is 435 g/mol. The van der Waals surface area contributed by atoms with Gasteiger partial charge in [0.25, 0.3) is 6.43 Å². The average Bonchev–Trinajstić information content (AvgIpc) is 2.77. The van der Waals surface area contributed by atoms with E-state index in [1.165, 1.54) is 33.7 Å². The Bertz CT molecular complexity index is 977. The molecule has 1 aromatic heterocycles. The third kappa shape index (κ3) is 5.87. The Labute approximate surface area is 177 Å². The van der Waals surface area contributed by atoms with Gasteiger partial charge in [-0.1, -0.05) is 30.3 Å². The highest BCUT2D eigenvalue weighted by atomic mass is 19.3. The molecule has 10 heteroatoms. The summed E-state index contributed by atoms with van der Waals surface area (Å²) >= 11 is 0. The van der Waals surface area contributed by atoms with Crippen molar-refractivity contribution in [1.29, 1.82) is 5.41 Å². The van der Waals surface area contributed by atoms with Crippen LogP contribution < -0.4 is 11.2 Å². The van der Waals surface area contributed by atoms with Crippen LogP contribution in [-0.2, 0) is 11.3 Å². The number of likely N-dealkylation sites (tertiary alicyclic amines) is 1. The highest BCUT2D eigenvalue weighted by Gasteiger charge is 2.32. The second-order valence-electron chi connectivity index (χ2n) is 7.26. The van der Waals surface area contributed by atoms with Crippen molar-refractivity contribution in [2.24, 2.45) is 16.6 Å². The molecule has 7 nitrogen and oxygen atoms in total. The standard InChI is InChI=1S/C21H24F3N5O2/c22-17-12-28(21(30)31-13-14-4-6-15(7-5-14)19(23)24)10-8-16(17)11-27-20(26)29-9-2-1-3-18(29)25/h1-7,9,16-17,19,25H,8,10-13H2,(H2,26,27). The van der Waals surface area contributed by atoms with Crippen molar-refractivity contribution in [3.63, 3.8) is 0 Å². The number of nitrogens with one attached hydrogen (secondary N) is 1. The monoisotopic (exact) mass is 435 g/mol. The SMILES string of the molecule is N=c1ccccn1C(N)=NCC1CCN(C(=O)OCc2ccc(C(F)F)cc2)CC1F. The fourth-order valence-corrected chi connectivity index (χ4v) is 3.25. The van der Waals surface area contributed by atoms with Gasteiger partial charge in [0, 0.05) is 30.8 Å². The predicted molar refractivity (Wildman–Crippen MR) is 108 cm³/mol. The molecule has 1 aromatic carbocycles. The van der Waals surface area contributed by atoms with E-state index in [2.05, 4.69) is 4.99 Å². The zero-order chi connectivity index (χ0) is 22.4. The number of carbonyl (C=O) groups is 1. The van der Waals surface area contributed by atoms with Crippen LogP contribution in [0.3, 0.4) is 0 Å². The summed E-state index contributed by atoms with van der Waals surface area (Å²) in [6.45, 7) is 0.259. The Morgan fingerprint density at radius 1 is 1.26 bits per heavy atom. The first-order chi connectivity index (χ1) is 14.8. The van der Waals surface area contributed by atoms with Gasteiger partial charge < -0.3 is 15.4 Å². The summed E-state index contributed by atoms with van der Waals surface area (Å²) in [4.78, 5) is 17.7. The normalized spacial score (nSPS) is 19.5. The van der Waals surface area contributed by atoms with E-state index in [-0.39, 0.29) is 36.7 Å². The molecule has 1 aliphatic rings. The molecule has 0 aliphatic carbocycles. The number of nitrogens with two attached hydrogens (primary N) is 1. The molecule has 2 aromatic rings. The number of ether oxygens (including phenoxy) is 1. The number of aromatic nitrogens is 1. The molecule has 1 saturated heterocycles. The molecule has 0 bridgehead atoms. The molecular formula is C21H24F3N5O2. The molecular weight excluding hydrogens is 411 g/mol. The maximum absolute atomic E-state index is 14.6. The highest BCUT2D eigenvalue weighted by molar-refractivity contribution is 5.80. The molecule has 1 aliphatic heterocycles. The Morgan fingerprint density at radius 3 is 2.65 bits per heavy atom. The Kier molecular flexibility index (Phi) is 7.32. The predicted octanol–water partition coefficient (Wildman–Crippen LogP) is 3.06. The zero-order valence-corrected chi connectivity index (χ0v) is 16.8. The number of amides is 1. The summed E-state index contributed by atoms with van der Waals surface area (Å²) in [6, 6.07) is 10.5. The summed E-state index contributed by atoms with van der Waals surface area (Å²) in [6.07, 6.45) is -2.50. The van der Waals surface area contributed by atoms with E-state index < -0.39 is 24.6 Å². The zero-order valence-electron chi connectivity index (χ0n) is 16.8. The molecule has 1 amide bonds. The molecule has 1 fully saturated rings. The van der Waals surface area contributed by atoms with Crippen molar-refractivity contribution < 1.29 is 22.7 Å². The van der Waals surface area contributed by atoms with Crippen LogP contribution in [0.4, 0.5) is 18.0 Å². The quantitative estimate of drug-likeness (QED) is 0.558. The molecule has 2 unspecified atom stereocenters. The number of alkyl halides is 3. The molecule has 2 heterocycles. The van der Waals surface area contributed by atoms with Crippen molar-refractivity contribution in [3.05, 3.63) is 65.3 Å². The van der Waals surface area contributed by atoms with Crippen molar-refractivity contribution in [2.75, 3.05) is 19.6 Å². The fraction of sp³-hybridized carbons (Fsp3) is 0.381. The third-order valence-electron chi connectivity index (χ3n) is 5.12. The first-order valence-corrected chi connectivity index (χ1v) is 9.80. The number of aliphatic imine (C=N–C) groups is 1. The van der Waals surface area contributed by atoms with E-state index in [9.17, 15) is 18.0 Å². The van der Waals surface area contributed by atoms with Gasteiger partial charge in [-0.05, 0) is 24.1 Å². The van der Waals surface area contributed by atoms with E-state index in [4.69, 9.17) is 15.9 Å². The van der Waals surface area contributed by atoms with Gasteiger partial charge in [0.1, 0.15) is 18.3 Å². The Morgan fingerprint density at radius 2 is 2.00 bits per heavy atom. The van der Waals surface area contributed by atoms with E-state index in [1.807, 2.05) is 0 Å². The summed E-state index contributed by atoms with van der Waals surface area (Å²) in [5.41, 5.74) is 6.53. The van der Waals surface area contributed by atoms with Crippen LogP contribution in [0.5, 0.6) is 0 Å². The van der Waals surface area contributed by atoms with Gasteiger partial charge >= 0.3 is 6.09 Å². The molecule has 31 heavy (non-hydrogen) atoms. The molecule has 2 atom stereocenters.